The molecule has 0 aliphatic carbocycles. The highest BCUT2D eigenvalue weighted by molar-refractivity contribution is 5.85. The Morgan fingerprint density at radius 2 is 1.45 bits per heavy atom. The molecule has 126 valence electrons. The van der Waals surface area contributed by atoms with Crippen molar-refractivity contribution < 1.29 is 17.9 Å². The van der Waals surface area contributed by atoms with Gasteiger partial charge in [-0.25, -0.2) is 0 Å². The molecule has 1 aromatic carbocycles. The maximum atomic E-state index is 12.5. The Hall–Kier alpha value is -0.940. The van der Waals surface area contributed by atoms with E-state index in [4.69, 9.17) is 4.74 Å². The average molecular weight is 338 g/mol. The monoisotopic (exact) mass is 337 g/mol. The van der Waals surface area contributed by atoms with Gasteiger partial charge in [-0.2, -0.15) is 13.2 Å². The van der Waals surface area contributed by atoms with Gasteiger partial charge in [-0.15, -0.1) is 12.4 Å². The van der Waals surface area contributed by atoms with Crippen LogP contribution in [0.3, 0.4) is 0 Å². The number of rotatable bonds is 2. The van der Waals surface area contributed by atoms with E-state index < -0.39 is 11.7 Å². The zero-order valence-electron chi connectivity index (χ0n) is 13.3. The molecule has 1 heterocycles. The number of nitrogens with one attached hydrogen (secondary N) is 1. The number of hydrogen-bond acceptors (Lipinski definition) is 2. The molecule has 1 aromatic rings. The first-order valence-electron chi connectivity index (χ1n) is 7.10. The SMILES string of the molecule is CC1(C)CC(Oc2ccc(C(F)(F)F)cc2)CC(C)(C)N1.Cl. The van der Waals surface area contributed by atoms with E-state index in [1.165, 1.54) is 12.1 Å². The molecule has 0 atom stereocenters. The average Bonchev–Trinajstić information content (AvgIpc) is 2.23. The molecule has 0 unspecified atom stereocenters. The van der Waals surface area contributed by atoms with E-state index in [0.717, 1.165) is 25.0 Å². The Morgan fingerprint density at radius 1 is 1.00 bits per heavy atom. The summed E-state index contributed by atoms with van der Waals surface area (Å²) in [5.41, 5.74) is -0.766. The second-order valence-corrected chi connectivity index (χ2v) is 7.06. The fourth-order valence-electron chi connectivity index (χ4n) is 3.23. The van der Waals surface area contributed by atoms with Crippen molar-refractivity contribution >= 4 is 12.4 Å². The van der Waals surface area contributed by atoms with Crippen LogP contribution < -0.4 is 10.1 Å². The third kappa shape index (κ3) is 5.06. The molecule has 0 spiro atoms. The number of hydrogen-bond donors (Lipinski definition) is 1. The van der Waals surface area contributed by atoms with Crippen LogP contribution in [0.2, 0.25) is 0 Å². The van der Waals surface area contributed by atoms with E-state index in [0.29, 0.717) is 5.75 Å². The molecule has 1 fully saturated rings. The summed E-state index contributed by atoms with van der Waals surface area (Å²) < 4.78 is 43.5. The smallest absolute Gasteiger partial charge is 0.416 e. The molecule has 1 aliphatic heterocycles. The van der Waals surface area contributed by atoms with Crippen molar-refractivity contribution in [1.82, 2.24) is 5.32 Å². The zero-order chi connectivity index (χ0) is 15.9. The zero-order valence-corrected chi connectivity index (χ0v) is 14.1. The summed E-state index contributed by atoms with van der Waals surface area (Å²) in [4.78, 5) is 0. The van der Waals surface area contributed by atoms with Crippen LogP contribution in [0.1, 0.15) is 46.1 Å². The van der Waals surface area contributed by atoms with Crippen LogP contribution in [0.15, 0.2) is 24.3 Å². The highest BCUT2D eigenvalue weighted by Crippen LogP contribution is 2.33. The number of halogens is 4. The Balaban J connectivity index is 0.00000242. The lowest BCUT2D eigenvalue weighted by Crippen LogP contribution is -2.60. The number of benzene rings is 1. The van der Waals surface area contributed by atoms with Crippen LogP contribution in [0.5, 0.6) is 5.75 Å². The van der Waals surface area contributed by atoms with Gasteiger partial charge in [0.05, 0.1) is 5.56 Å². The van der Waals surface area contributed by atoms with Gasteiger partial charge < -0.3 is 10.1 Å². The molecule has 0 bridgehead atoms. The van der Waals surface area contributed by atoms with Crippen LogP contribution in [0, 0.1) is 0 Å². The Bertz CT molecular complexity index is 481. The quantitative estimate of drug-likeness (QED) is 0.835. The van der Waals surface area contributed by atoms with Crippen molar-refractivity contribution in [3.63, 3.8) is 0 Å². The maximum absolute atomic E-state index is 12.5. The lowest BCUT2D eigenvalue weighted by molar-refractivity contribution is -0.137. The van der Waals surface area contributed by atoms with Crippen molar-refractivity contribution in [2.24, 2.45) is 0 Å². The van der Waals surface area contributed by atoms with Gasteiger partial charge in [-0.05, 0) is 52.0 Å². The standard InChI is InChI=1S/C16H22F3NO.ClH/c1-14(2)9-13(10-15(3,4)20-14)21-12-7-5-11(6-8-12)16(17,18)19;/h5-8,13,20H,9-10H2,1-4H3;1H. The first-order chi connectivity index (χ1) is 9.47. The van der Waals surface area contributed by atoms with Crippen molar-refractivity contribution in [3.8, 4) is 5.75 Å². The third-order valence-corrected chi connectivity index (χ3v) is 3.64. The molecule has 1 saturated heterocycles. The van der Waals surface area contributed by atoms with Gasteiger partial charge in [0.1, 0.15) is 11.9 Å². The van der Waals surface area contributed by atoms with Gasteiger partial charge in [-0.1, -0.05) is 0 Å². The minimum atomic E-state index is -4.31. The summed E-state index contributed by atoms with van der Waals surface area (Å²) in [5.74, 6) is 0.488. The van der Waals surface area contributed by atoms with E-state index in [1.54, 1.807) is 0 Å². The molecule has 1 N–H and O–H groups in total. The number of alkyl halides is 3. The third-order valence-electron chi connectivity index (χ3n) is 3.64. The van der Waals surface area contributed by atoms with E-state index in [-0.39, 0.29) is 29.6 Å². The Kier molecular flexibility index (Phi) is 5.46. The van der Waals surface area contributed by atoms with Gasteiger partial charge in [0.25, 0.3) is 0 Å². The highest BCUT2D eigenvalue weighted by Gasteiger charge is 2.38. The van der Waals surface area contributed by atoms with E-state index in [9.17, 15) is 13.2 Å². The molecular weight excluding hydrogens is 315 g/mol. The summed E-state index contributed by atoms with van der Waals surface area (Å²) in [7, 11) is 0. The lowest BCUT2D eigenvalue weighted by Gasteiger charge is -2.46. The Labute approximate surface area is 135 Å². The van der Waals surface area contributed by atoms with Gasteiger partial charge in [0.15, 0.2) is 0 Å². The normalized spacial score (nSPS) is 21.0. The van der Waals surface area contributed by atoms with E-state index in [1.807, 2.05) is 0 Å². The second kappa shape index (κ2) is 6.28. The van der Waals surface area contributed by atoms with Crippen molar-refractivity contribution in [2.75, 3.05) is 0 Å². The van der Waals surface area contributed by atoms with Crippen LogP contribution >= 0.6 is 12.4 Å². The first-order valence-corrected chi connectivity index (χ1v) is 7.10. The molecule has 0 aromatic heterocycles. The van der Waals surface area contributed by atoms with Gasteiger partial charge in [0.2, 0.25) is 0 Å². The molecule has 0 radical (unpaired) electrons. The van der Waals surface area contributed by atoms with Crippen molar-refractivity contribution in [3.05, 3.63) is 29.8 Å². The second-order valence-electron chi connectivity index (χ2n) is 7.06. The predicted molar refractivity (Wildman–Crippen MR) is 83.6 cm³/mol. The van der Waals surface area contributed by atoms with Gasteiger partial charge in [-0.3, -0.25) is 0 Å². The largest absolute Gasteiger partial charge is 0.490 e. The minimum absolute atomic E-state index is 0. The topological polar surface area (TPSA) is 21.3 Å². The first kappa shape index (κ1) is 19.1. The van der Waals surface area contributed by atoms with Gasteiger partial charge in [0, 0.05) is 23.9 Å². The molecule has 22 heavy (non-hydrogen) atoms. The summed E-state index contributed by atoms with van der Waals surface area (Å²) in [5, 5.41) is 3.55. The molecule has 0 amide bonds. The predicted octanol–water partition coefficient (Wildman–Crippen LogP) is 4.82. The number of piperidine rings is 1. The number of ether oxygens (including phenoxy) is 1. The molecule has 1 aliphatic rings. The summed E-state index contributed by atoms with van der Waals surface area (Å²) in [6.45, 7) is 8.43. The highest BCUT2D eigenvalue weighted by atomic mass is 35.5. The molecule has 2 rings (SSSR count). The van der Waals surface area contributed by atoms with Crippen molar-refractivity contribution in [2.45, 2.75) is 63.9 Å². The molecule has 2 nitrogen and oxygen atoms in total. The van der Waals surface area contributed by atoms with Crippen LogP contribution in [0.25, 0.3) is 0 Å². The molecule has 0 saturated carbocycles. The van der Waals surface area contributed by atoms with Crippen molar-refractivity contribution in [1.29, 1.82) is 0 Å². The van der Waals surface area contributed by atoms with E-state index >= 15 is 0 Å². The fraction of sp³-hybridized carbons (Fsp3) is 0.625. The minimum Gasteiger partial charge on any atom is -0.490 e. The fourth-order valence-corrected chi connectivity index (χ4v) is 3.23. The lowest BCUT2D eigenvalue weighted by atomic mass is 9.81. The van der Waals surface area contributed by atoms with Crippen LogP contribution in [-0.2, 0) is 6.18 Å². The summed E-state index contributed by atoms with van der Waals surface area (Å²) >= 11 is 0. The van der Waals surface area contributed by atoms with E-state index in [2.05, 4.69) is 33.0 Å². The van der Waals surface area contributed by atoms with Crippen LogP contribution in [0.4, 0.5) is 13.2 Å². The van der Waals surface area contributed by atoms with Crippen LogP contribution in [-0.4, -0.2) is 17.2 Å². The maximum Gasteiger partial charge on any atom is 0.416 e. The molecular formula is C16H23ClF3NO. The molecule has 6 heteroatoms. The summed E-state index contributed by atoms with van der Waals surface area (Å²) in [6, 6.07) is 4.91. The summed E-state index contributed by atoms with van der Waals surface area (Å²) in [6.07, 6.45) is -2.68. The van der Waals surface area contributed by atoms with Gasteiger partial charge >= 0.3 is 6.18 Å². The Morgan fingerprint density at radius 3 is 1.86 bits per heavy atom.